The van der Waals surface area contributed by atoms with Crippen LogP contribution in [0.1, 0.15) is 29.7 Å². The molecule has 2 aromatic rings. The maximum atomic E-state index is 5.72. The Bertz CT molecular complexity index is 536. The second kappa shape index (κ2) is 5.81. The lowest BCUT2D eigenvalue weighted by Crippen LogP contribution is -2.29. The first kappa shape index (κ1) is 13.5. The van der Waals surface area contributed by atoms with Crippen LogP contribution in [0.4, 0.5) is 0 Å². The van der Waals surface area contributed by atoms with E-state index >= 15 is 0 Å². The third-order valence-corrected chi connectivity index (χ3v) is 4.48. The number of aryl methyl sites for hydroxylation is 2. The summed E-state index contributed by atoms with van der Waals surface area (Å²) in [4.78, 5) is 0. The summed E-state index contributed by atoms with van der Waals surface area (Å²) >= 11 is 2.36. The fourth-order valence-corrected chi connectivity index (χ4v) is 2.63. The van der Waals surface area contributed by atoms with Crippen LogP contribution >= 0.6 is 22.6 Å². The zero-order valence-corrected chi connectivity index (χ0v) is 12.7. The number of nitrogens with zero attached hydrogens (tertiary/aromatic N) is 2. The molecule has 0 saturated heterocycles. The van der Waals surface area contributed by atoms with Gasteiger partial charge in [-0.1, -0.05) is 18.2 Å². The van der Waals surface area contributed by atoms with Crippen LogP contribution in [0.25, 0.3) is 0 Å². The van der Waals surface area contributed by atoms with Crippen LogP contribution in [-0.2, 0) is 6.54 Å². The Morgan fingerprint density at radius 3 is 2.89 bits per heavy atom. The topological polar surface area (TPSA) is 55.9 Å². The van der Waals surface area contributed by atoms with Crippen molar-refractivity contribution in [2.45, 2.75) is 26.4 Å². The van der Waals surface area contributed by atoms with E-state index in [1.807, 2.05) is 17.1 Å². The molecule has 0 aliphatic carbocycles. The zero-order valence-electron chi connectivity index (χ0n) is 10.5. The van der Waals surface area contributed by atoms with E-state index in [0.717, 1.165) is 12.1 Å². The molecule has 5 heteroatoms. The van der Waals surface area contributed by atoms with Gasteiger partial charge in [0.2, 0.25) is 0 Å². The average Bonchev–Trinajstić information content (AvgIpc) is 2.84. The summed E-state index contributed by atoms with van der Waals surface area (Å²) in [6.45, 7) is 5.04. The van der Waals surface area contributed by atoms with Crippen LogP contribution in [0.5, 0.6) is 0 Å². The minimum atomic E-state index is -0.0166. The van der Waals surface area contributed by atoms with Gasteiger partial charge in [0.1, 0.15) is 0 Å². The van der Waals surface area contributed by atoms with Gasteiger partial charge in [0.05, 0.1) is 12.2 Å². The first-order valence-corrected chi connectivity index (χ1v) is 6.98. The Labute approximate surface area is 121 Å². The molecule has 1 unspecified atom stereocenters. The minimum Gasteiger partial charge on any atom is -0.273 e. The molecule has 0 radical (unpaired) electrons. The summed E-state index contributed by atoms with van der Waals surface area (Å²) in [5, 5.41) is 4.30. The van der Waals surface area contributed by atoms with Crippen LogP contribution in [0.15, 0.2) is 30.6 Å². The normalized spacial score (nSPS) is 12.7. The number of aromatic nitrogens is 2. The number of halogens is 1. The van der Waals surface area contributed by atoms with Crippen LogP contribution < -0.4 is 11.3 Å². The Kier molecular flexibility index (Phi) is 4.36. The Morgan fingerprint density at radius 1 is 1.50 bits per heavy atom. The van der Waals surface area contributed by atoms with Crippen LogP contribution in [0, 0.1) is 10.5 Å². The van der Waals surface area contributed by atoms with E-state index in [1.54, 1.807) is 0 Å². The lowest BCUT2D eigenvalue weighted by Gasteiger charge is -2.17. The molecule has 18 heavy (non-hydrogen) atoms. The number of nitrogens with two attached hydrogens (primary N) is 1. The Hall–Kier alpha value is -0.920. The number of rotatable bonds is 4. The molecular weight excluding hydrogens is 339 g/mol. The SMILES string of the molecule is CCn1cc(C(NN)c2cccc(C)c2I)cn1. The number of hydrogen-bond donors (Lipinski definition) is 2. The lowest BCUT2D eigenvalue weighted by atomic mass is 10.0. The maximum absolute atomic E-state index is 5.72. The van der Waals surface area contributed by atoms with Crippen molar-refractivity contribution in [3.8, 4) is 0 Å². The van der Waals surface area contributed by atoms with Gasteiger partial charge < -0.3 is 0 Å². The molecule has 96 valence electrons. The molecular formula is C13H17IN4. The third kappa shape index (κ3) is 2.57. The second-order valence-corrected chi connectivity index (χ2v) is 5.29. The van der Waals surface area contributed by atoms with Crippen molar-refractivity contribution in [2.75, 3.05) is 0 Å². The molecule has 0 spiro atoms. The summed E-state index contributed by atoms with van der Waals surface area (Å²) in [5.74, 6) is 5.72. The molecule has 1 atom stereocenters. The molecule has 4 nitrogen and oxygen atoms in total. The van der Waals surface area contributed by atoms with Gasteiger partial charge in [-0.05, 0) is 47.6 Å². The molecule has 1 aromatic heterocycles. The molecule has 0 aliphatic heterocycles. The molecule has 0 bridgehead atoms. The second-order valence-electron chi connectivity index (χ2n) is 4.21. The van der Waals surface area contributed by atoms with Crippen LogP contribution in [0.3, 0.4) is 0 Å². The molecule has 0 aliphatic rings. The Balaban J connectivity index is 2.41. The molecule has 1 heterocycles. The van der Waals surface area contributed by atoms with Gasteiger partial charge in [-0.2, -0.15) is 5.10 Å². The van der Waals surface area contributed by atoms with Crippen molar-refractivity contribution in [1.82, 2.24) is 15.2 Å². The van der Waals surface area contributed by atoms with Crippen LogP contribution in [0.2, 0.25) is 0 Å². The largest absolute Gasteiger partial charge is 0.273 e. The summed E-state index contributed by atoms with van der Waals surface area (Å²) in [7, 11) is 0. The standard InChI is InChI=1S/C13H17IN4/c1-3-18-8-10(7-16-18)13(17-15)11-6-4-5-9(2)12(11)14/h4-8,13,17H,3,15H2,1-2H3. The van der Waals surface area contributed by atoms with Crippen molar-refractivity contribution in [1.29, 1.82) is 0 Å². The number of nitrogens with one attached hydrogen (secondary N) is 1. The van der Waals surface area contributed by atoms with Gasteiger partial charge >= 0.3 is 0 Å². The van der Waals surface area contributed by atoms with E-state index in [0.29, 0.717) is 0 Å². The van der Waals surface area contributed by atoms with E-state index in [1.165, 1.54) is 14.7 Å². The van der Waals surface area contributed by atoms with Gasteiger partial charge in [0.15, 0.2) is 0 Å². The van der Waals surface area contributed by atoms with E-state index in [9.17, 15) is 0 Å². The molecule has 0 fully saturated rings. The quantitative estimate of drug-likeness (QED) is 0.503. The van der Waals surface area contributed by atoms with Crippen LogP contribution in [-0.4, -0.2) is 9.78 Å². The molecule has 0 saturated carbocycles. The fraction of sp³-hybridized carbons (Fsp3) is 0.308. The summed E-state index contributed by atoms with van der Waals surface area (Å²) < 4.78 is 3.14. The fourth-order valence-electron chi connectivity index (χ4n) is 1.96. The van der Waals surface area contributed by atoms with Gasteiger partial charge in [0, 0.05) is 21.9 Å². The van der Waals surface area contributed by atoms with E-state index in [4.69, 9.17) is 5.84 Å². The summed E-state index contributed by atoms with van der Waals surface area (Å²) in [6, 6.07) is 6.25. The van der Waals surface area contributed by atoms with Crippen molar-refractivity contribution in [2.24, 2.45) is 5.84 Å². The number of hydrazine groups is 1. The predicted octanol–water partition coefficient (Wildman–Crippen LogP) is 2.37. The predicted molar refractivity (Wildman–Crippen MR) is 81.0 cm³/mol. The van der Waals surface area contributed by atoms with E-state index in [2.05, 4.69) is 65.2 Å². The van der Waals surface area contributed by atoms with E-state index < -0.39 is 0 Å². The smallest absolute Gasteiger partial charge is 0.0751 e. The van der Waals surface area contributed by atoms with Gasteiger partial charge in [0.25, 0.3) is 0 Å². The first-order chi connectivity index (χ1) is 8.67. The highest BCUT2D eigenvalue weighted by atomic mass is 127. The summed E-state index contributed by atoms with van der Waals surface area (Å²) in [5.41, 5.74) is 6.42. The van der Waals surface area contributed by atoms with E-state index in [-0.39, 0.29) is 6.04 Å². The van der Waals surface area contributed by atoms with Crippen molar-refractivity contribution < 1.29 is 0 Å². The minimum absolute atomic E-state index is 0.0166. The molecule has 1 aromatic carbocycles. The van der Waals surface area contributed by atoms with Crippen molar-refractivity contribution >= 4 is 22.6 Å². The van der Waals surface area contributed by atoms with Crippen molar-refractivity contribution in [3.05, 3.63) is 50.9 Å². The maximum Gasteiger partial charge on any atom is 0.0751 e. The molecule has 0 amide bonds. The zero-order chi connectivity index (χ0) is 13.1. The average molecular weight is 356 g/mol. The number of benzene rings is 1. The van der Waals surface area contributed by atoms with Gasteiger partial charge in [-0.15, -0.1) is 0 Å². The highest BCUT2D eigenvalue weighted by Crippen LogP contribution is 2.27. The van der Waals surface area contributed by atoms with Crippen molar-refractivity contribution in [3.63, 3.8) is 0 Å². The Morgan fingerprint density at radius 2 is 2.28 bits per heavy atom. The third-order valence-electron chi connectivity index (χ3n) is 3.01. The van der Waals surface area contributed by atoms with Gasteiger partial charge in [-0.3, -0.25) is 10.5 Å². The molecule has 2 rings (SSSR count). The lowest BCUT2D eigenvalue weighted by molar-refractivity contribution is 0.627. The number of hydrogen-bond acceptors (Lipinski definition) is 3. The first-order valence-electron chi connectivity index (χ1n) is 5.90. The highest BCUT2D eigenvalue weighted by molar-refractivity contribution is 14.1. The monoisotopic (exact) mass is 356 g/mol. The molecule has 3 N–H and O–H groups in total. The highest BCUT2D eigenvalue weighted by Gasteiger charge is 2.17. The summed E-state index contributed by atoms with van der Waals surface area (Å²) in [6.07, 6.45) is 3.90. The van der Waals surface area contributed by atoms with Gasteiger partial charge in [-0.25, -0.2) is 5.43 Å².